The van der Waals surface area contributed by atoms with E-state index in [2.05, 4.69) is 0 Å². The maximum atomic E-state index is 13.8. The summed E-state index contributed by atoms with van der Waals surface area (Å²) in [5, 5.41) is 0. The third-order valence-electron chi connectivity index (χ3n) is 3.14. The summed E-state index contributed by atoms with van der Waals surface area (Å²) in [5.74, 6) is -0.307. The first kappa shape index (κ1) is 13.0. The molecule has 1 amide bonds. The zero-order chi connectivity index (χ0) is 13.0. The minimum absolute atomic E-state index is 0.0118. The lowest BCUT2D eigenvalue weighted by Crippen LogP contribution is -2.42. The molecule has 0 unspecified atom stereocenters. The molecule has 0 atom stereocenters. The Bertz CT molecular complexity index is 430. The summed E-state index contributed by atoms with van der Waals surface area (Å²) in [4.78, 5) is 13.5. The van der Waals surface area contributed by atoms with E-state index in [4.69, 9.17) is 4.74 Å². The van der Waals surface area contributed by atoms with Crippen LogP contribution in [0.15, 0.2) is 18.2 Å². The van der Waals surface area contributed by atoms with E-state index in [1.807, 2.05) is 13.0 Å². The van der Waals surface area contributed by atoms with Crippen LogP contribution in [0.4, 0.5) is 4.39 Å². The molecular formula is C14H18FNO2. The fourth-order valence-electron chi connectivity index (χ4n) is 1.88. The molecule has 18 heavy (non-hydrogen) atoms. The van der Waals surface area contributed by atoms with Gasteiger partial charge in [0.05, 0.1) is 13.0 Å². The molecule has 0 bridgehead atoms. The molecule has 0 spiro atoms. The van der Waals surface area contributed by atoms with E-state index in [0.29, 0.717) is 18.8 Å². The van der Waals surface area contributed by atoms with Crippen LogP contribution in [0.5, 0.6) is 0 Å². The van der Waals surface area contributed by atoms with Crippen LogP contribution in [0.2, 0.25) is 0 Å². The molecule has 0 aliphatic carbocycles. The second-order valence-corrected chi connectivity index (χ2v) is 4.47. The minimum atomic E-state index is -0.318. The highest BCUT2D eigenvalue weighted by Gasteiger charge is 2.21. The molecule has 0 aromatic heterocycles. The lowest BCUT2D eigenvalue weighted by atomic mass is 10.1. The van der Waals surface area contributed by atoms with E-state index < -0.39 is 0 Å². The van der Waals surface area contributed by atoms with Gasteiger partial charge < -0.3 is 9.64 Å². The van der Waals surface area contributed by atoms with Crippen LogP contribution in [0, 0.1) is 5.82 Å². The minimum Gasteiger partial charge on any atom is -0.377 e. The van der Waals surface area contributed by atoms with Gasteiger partial charge in [0.1, 0.15) is 5.82 Å². The molecule has 3 nitrogen and oxygen atoms in total. The molecule has 1 aromatic carbocycles. The van der Waals surface area contributed by atoms with Crippen molar-refractivity contribution in [2.75, 3.05) is 19.7 Å². The third kappa shape index (κ3) is 3.07. The number of ether oxygens (including phenoxy) is 1. The van der Waals surface area contributed by atoms with Crippen LogP contribution in [0.3, 0.4) is 0 Å². The lowest BCUT2D eigenvalue weighted by Gasteiger charge is -2.31. The van der Waals surface area contributed by atoms with E-state index >= 15 is 0 Å². The number of rotatable bonds is 5. The summed E-state index contributed by atoms with van der Waals surface area (Å²) in [5.41, 5.74) is 1.27. The van der Waals surface area contributed by atoms with Gasteiger partial charge in [0.15, 0.2) is 0 Å². The summed E-state index contributed by atoms with van der Waals surface area (Å²) < 4.78 is 19.0. The highest BCUT2D eigenvalue weighted by molar-refractivity contribution is 5.79. The standard InChI is InChI=1S/C14H18FNO2/c1-2-18-10-11-4-5-12(13(15)8-11)9-14(17)16-6-3-7-16/h4-5,8H,2-3,6-7,9-10H2,1H3. The Balaban J connectivity index is 1.98. The Hall–Kier alpha value is -1.42. The van der Waals surface area contributed by atoms with Crippen LogP contribution in [0.1, 0.15) is 24.5 Å². The summed E-state index contributed by atoms with van der Waals surface area (Å²) >= 11 is 0. The number of likely N-dealkylation sites (tertiary alicyclic amines) is 1. The third-order valence-corrected chi connectivity index (χ3v) is 3.14. The van der Waals surface area contributed by atoms with E-state index in [1.54, 1.807) is 11.0 Å². The molecule has 1 saturated heterocycles. The van der Waals surface area contributed by atoms with Crippen LogP contribution in [0.25, 0.3) is 0 Å². The van der Waals surface area contributed by atoms with Gasteiger partial charge in [-0.15, -0.1) is 0 Å². The molecule has 1 aromatic rings. The van der Waals surface area contributed by atoms with Crippen molar-refractivity contribution >= 4 is 5.91 Å². The van der Waals surface area contributed by atoms with Crippen molar-refractivity contribution in [3.8, 4) is 0 Å². The maximum Gasteiger partial charge on any atom is 0.227 e. The molecule has 1 heterocycles. The van der Waals surface area contributed by atoms with Gasteiger partial charge >= 0.3 is 0 Å². The fourth-order valence-corrected chi connectivity index (χ4v) is 1.88. The Morgan fingerprint density at radius 1 is 1.44 bits per heavy atom. The van der Waals surface area contributed by atoms with E-state index in [9.17, 15) is 9.18 Å². The summed E-state index contributed by atoms with van der Waals surface area (Å²) in [7, 11) is 0. The Morgan fingerprint density at radius 2 is 2.22 bits per heavy atom. The van der Waals surface area contributed by atoms with Gasteiger partial charge in [0.2, 0.25) is 5.91 Å². The number of amides is 1. The summed E-state index contributed by atoms with van der Waals surface area (Å²) in [6, 6.07) is 4.95. The molecule has 1 fully saturated rings. The number of carbonyl (C=O) groups excluding carboxylic acids is 1. The average molecular weight is 251 g/mol. The quantitative estimate of drug-likeness (QED) is 0.802. The van der Waals surface area contributed by atoms with Crippen molar-refractivity contribution in [1.29, 1.82) is 0 Å². The van der Waals surface area contributed by atoms with Gasteiger partial charge in [-0.2, -0.15) is 0 Å². The number of nitrogens with zero attached hydrogens (tertiary/aromatic N) is 1. The van der Waals surface area contributed by atoms with Gasteiger partial charge in [-0.25, -0.2) is 4.39 Å². The molecule has 1 aliphatic heterocycles. The first-order chi connectivity index (χ1) is 8.70. The second-order valence-electron chi connectivity index (χ2n) is 4.47. The number of halogens is 1. The highest BCUT2D eigenvalue weighted by atomic mass is 19.1. The topological polar surface area (TPSA) is 29.5 Å². The predicted molar refractivity (Wildman–Crippen MR) is 66.6 cm³/mol. The van der Waals surface area contributed by atoms with Gasteiger partial charge in [-0.3, -0.25) is 4.79 Å². The summed E-state index contributed by atoms with van der Waals surface area (Å²) in [6.07, 6.45) is 1.21. The Labute approximate surface area is 107 Å². The second kappa shape index (κ2) is 5.96. The Morgan fingerprint density at radius 3 is 2.78 bits per heavy atom. The predicted octanol–water partition coefficient (Wildman–Crippen LogP) is 2.14. The van der Waals surface area contributed by atoms with Crippen LogP contribution >= 0.6 is 0 Å². The summed E-state index contributed by atoms with van der Waals surface area (Å²) in [6.45, 7) is 4.53. The van der Waals surface area contributed by atoms with E-state index in [-0.39, 0.29) is 18.1 Å². The molecule has 98 valence electrons. The zero-order valence-corrected chi connectivity index (χ0v) is 10.6. The number of benzene rings is 1. The maximum absolute atomic E-state index is 13.8. The number of carbonyl (C=O) groups is 1. The fraction of sp³-hybridized carbons (Fsp3) is 0.500. The molecule has 4 heteroatoms. The molecular weight excluding hydrogens is 233 g/mol. The largest absolute Gasteiger partial charge is 0.377 e. The van der Waals surface area contributed by atoms with Crippen molar-refractivity contribution in [2.45, 2.75) is 26.4 Å². The first-order valence-electron chi connectivity index (χ1n) is 6.33. The number of hydrogen-bond acceptors (Lipinski definition) is 2. The monoisotopic (exact) mass is 251 g/mol. The molecule has 1 aliphatic rings. The zero-order valence-electron chi connectivity index (χ0n) is 10.6. The molecule has 2 rings (SSSR count). The number of hydrogen-bond donors (Lipinski definition) is 0. The van der Waals surface area contributed by atoms with Gasteiger partial charge in [0, 0.05) is 19.7 Å². The normalized spacial score (nSPS) is 14.4. The lowest BCUT2D eigenvalue weighted by molar-refractivity contribution is -0.133. The highest BCUT2D eigenvalue weighted by Crippen LogP contribution is 2.15. The molecule has 0 saturated carbocycles. The van der Waals surface area contributed by atoms with Crippen molar-refractivity contribution in [2.24, 2.45) is 0 Å². The smallest absolute Gasteiger partial charge is 0.227 e. The Kier molecular flexibility index (Phi) is 4.31. The van der Waals surface area contributed by atoms with Gasteiger partial charge in [0.25, 0.3) is 0 Å². The average Bonchev–Trinajstić information content (AvgIpc) is 2.27. The van der Waals surface area contributed by atoms with Crippen molar-refractivity contribution in [3.05, 3.63) is 35.1 Å². The van der Waals surface area contributed by atoms with Gasteiger partial charge in [-0.1, -0.05) is 12.1 Å². The molecule has 0 radical (unpaired) electrons. The van der Waals surface area contributed by atoms with Crippen molar-refractivity contribution in [1.82, 2.24) is 4.90 Å². The van der Waals surface area contributed by atoms with E-state index in [1.165, 1.54) is 6.07 Å². The van der Waals surface area contributed by atoms with Crippen molar-refractivity contribution < 1.29 is 13.9 Å². The first-order valence-corrected chi connectivity index (χ1v) is 6.33. The van der Waals surface area contributed by atoms with Crippen LogP contribution in [-0.4, -0.2) is 30.5 Å². The van der Waals surface area contributed by atoms with Gasteiger partial charge in [-0.05, 0) is 30.5 Å². The van der Waals surface area contributed by atoms with Crippen LogP contribution < -0.4 is 0 Å². The van der Waals surface area contributed by atoms with E-state index in [0.717, 1.165) is 25.1 Å². The van der Waals surface area contributed by atoms with Crippen LogP contribution in [-0.2, 0) is 22.6 Å². The SMILES string of the molecule is CCOCc1ccc(CC(=O)N2CCC2)c(F)c1. The van der Waals surface area contributed by atoms with Crippen molar-refractivity contribution in [3.63, 3.8) is 0 Å². The molecule has 0 N–H and O–H groups in total.